The van der Waals surface area contributed by atoms with Gasteiger partial charge in [0.25, 0.3) is 0 Å². The quantitative estimate of drug-likeness (QED) is 0.497. The number of esters is 1. The van der Waals surface area contributed by atoms with E-state index in [1.165, 1.54) is 0 Å². The molecule has 0 aromatic carbocycles. The monoisotopic (exact) mass is 403 g/mol. The number of carbonyl (C=O) groups excluding carboxylic acids is 1. The molecule has 156 valence electrons. The molecule has 0 spiro atoms. The number of rotatable bonds is 7. The lowest BCUT2D eigenvalue weighted by molar-refractivity contribution is -0.162. The third kappa shape index (κ3) is 9.97. The number of hydrogen-bond donors (Lipinski definition) is 1. The zero-order valence-electron chi connectivity index (χ0n) is 15.9. The molecule has 0 aromatic rings. The molecule has 0 unspecified atom stereocenters. The number of ether oxygens (including phenoxy) is 2. The molecule has 4 nitrogen and oxygen atoms in total. The number of alkyl halides is 3. The van der Waals surface area contributed by atoms with Gasteiger partial charge in [-0.1, -0.05) is 26.7 Å². The van der Waals surface area contributed by atoms with Crippen LogP contribution in [0, 0.1) is 11.8 Å². The predicted molar refractivity (Wildman–Crippen MR) is 97.2 cm³/mol. The minimum Gasteiger partial charge on any atom is -0.459 e. The van der Waals surface area contributed by atoms with E-state index in [1.807, 2.05) is 0 Å². The summed E-state index contributed by atoms with van der Waals surface area (Å²) >= 11 is 0. The first-order valence-electron chi connectivity index (χ1n) is 9.24. The molecule has 1 saturated heterocycles. The first-order valence-corrected chi connectivity index (χ1v) is 9.24. The average molecular weight is 404 g/mol. The van der Waals surface area contributed by atoms with Crippen LogP contribution in [0.3, 0.4) is 0 Å². The minimum atomic E-state index is -4.18. The highest BCUT2D eigenvalue weighted by Crippen LogP contribution is 2.29. The highest BCUT2D eigenvalue weighted by molar-refractivity contribution is 5.85. The van der Waals surface area contributed by atoms with Crippen molar-refractivity contribution in [2.45, 2.75) is 90.1 Å². The molecule has 1 heterocycles. The molecule has 2 N–H and O–H groups in total. The Bertz CT molecular complexity index is 408. The molecule has 0 radical (unpaired) electrons. The normalized spacial score (nSPS) is 27.9. The molecule has 0 aromatic heterocycles. The fraction of sp³-hybridized carbons (Fsp3) is 0.944. The van der Waals surface area contributed by atoms with Crippen LogP contribution in [0.1, 0.15) is 65.7 Å². The van der Waals surface area contributed by atoms with Crippen LogP contribution in [0.5, 0.6) is 0 Å². The SMILES string of the molecule is CC(C)CC[C@H]1CCC[C@H](N)C(=O)O[C@@H](C)[C@@H]1OCCCC(F)(F)F.Cl. The maximum Gasteiger partial charge on any atom is 0.389 e. The lowest BCUT2D eigenvalue weighted by Gasteiger charge is -2.31. The number of carbonyl (C=O) groups is 1. The van der Waals surface area contributed by atoms with E-state index in [1.54, 1.807) is 6.92 Å². The summed E-state index contributed by atoms with van der Waals surface area (Å²) in [5.74, 6) is 0.223. The van der Waals surface area contributed by atoms with Crippen molar-refractivity contribution in [1.82, 2.24) is 0 Å². The van der Waals surface area contributed by atoms with Crippen molar-refractivity contribution in [2.24, 2.45) is 17.6 Å². The van der Waals surface area contributed by atoms with Crippen LogP contribution in [0.2, 0.25) is 0 Å². The highest BCUT2D eigenvalue weighted by Gasteiger charge is 2.33. The first kappa shape index (κ1) is 25.5. The van der Waals surface area contributed by atoms with Crippen molar-refractivity contribution >= 4 is 18.4 Å². The summed E-state index contributed by atoms with van der Waals surface area (Å²) in [7, 11) is 0. The second kappa shape index (κ2) is 12.0. The molecule has 8 heteroatoms. The predicted octanol–water partition coefficient (Wildman–Crippen LogP) is 4.63. The van der Waals surface area contributed by atoms with Crippen LogP contribution in [0.4, 0.5) is 13.2 Å². The second-order valence-corrected chi connectivity index (χ2v) is 7.46. The van der Waals surface area contributed by atoms with E-state index in [-0.39, 0.29) is 37.5 Å². The molecular formula is C18H33ClF3NO3. The Morgan fingerprint density at radius 2 is 1.96 bits per heavy atom. The van der Waals surface area contributed by atoms with Crippen molar-refractivity contribution in [3.05, 3.63) is 0 Å². The number of nitrogens with two attached hydrogens (primary N) is 1. The van der Waals surface area contributed by atoms with Gasteiger partial charge < -0.3 is 15.2 Å². The van der Waals surface area contributed by atoms with Crippen molar-refractivity contribution < 1.29 is 27.4 Å². The van der Waals surface area contributed by atoms with Gasteiger partial charge >= 0.3 is 12.1 Å². The number of hydrogen-bond acceptors (Lipinski definition) is 4. The number of cyclic esters (lactones) is 1. The van der Waals surface area contributed by atoms with Crippen molar-refractivity contribution in [3.8, 4) is 0 Å². The van der Waals surface area contributed by atoms with Gasteiger partial charge in [0.2, 0.25) is 0 Å². The van der Waals surface area contributed by atoms with Crippen LogP contribution in [-0.4, -0.2) is 37.0 Å². The van der Waals surface area contributed by atoms with Gasteiger partial charge in [0.05, 0.1) is 6.10 Å². The third-order valence-electron chi connectivity index (χ3n) is 4.65. The van der Waals surface area contributed by atoms with Gasteiger partial charge in [0.15, 0.2) is 0 Å². The number of halogens is 4. The van der Waals surface area contributed by atoms with Crippen LogP contribution in [-0.2, 0) is 14.3 Å². The van der Waals surface area contributed by atoms with E-state index >= 15 is 0 Å². The van der Waals surface area contributed by atoms with Crippen LogP contribution in [0.25, 0.3) is 0 Å². The Morgan fingerprint density at radius 1 is 1.31 bits per heavy atom. The van der Waals surface area contributed by atoms with Crippen LogP contribution >= 0.6 is 12.4 Å². The van der Waals surface area contributed by atoms with E-state index in [4.69, 9.17) is 15.2 Å². The summed E-state index contributed by atoms with van der Waals surface area (Å²) in [6, 6.07) is -0.642. The Balaban J connectivity index is 0.00000625. The maximum absolute atomic E-state index is 12.3. The van der Waals surface area contributed by atoms with E-state index in [9.17, 15) is 18.0 Å². The van der Waals surface area contributed by atoms with Crippen LogP contribution < -0.4 is 5.73 Å². The Labute approximate surface area is 160 Å². The molecule has 1 aliphatic heterocycles. The smallest absolute Gasteiger partial charge is 0.389 e. The molecule has 26 heavy (non-hydrogen) atoms. The van der Waals surface area contributed by atoms with Crippen molar-refractivity contribution in [2.75, 3.05) is 6.61 Å². The van der Waals surface area contributed by atoms with E-state index in [0.29, 0.717) is 12.3 Å². The summed E-state index contributed by atoms with van der Waals surface area (Å²) in [4.78, 5) is 12.0. The standard InChI is InChI=1S/C18H32F3NO3.ClH/c1-12(2)8-9-14-6-4-7-15(22)17(23)25-13(3)16(14)24-11-5-10-18(19,20)21;/h12-16H,4-11,22H2,1-3H3;1H/t13-,14+,15-,16-;/m0./s1. The molecular weight excluding hydrogens is 371 g/mol. The van der Waals surface area contributed by atoms with E-state index in [2.05, 4.69) is 13.8 Å². The third-order valence-corrected chi connectivity index (χ3v) is 4.65. The average Bonchev–Trinajstić information content (AvgIpc) is 2.53. The van der Waals surface area contributed by atoms with Crippen LogP contribution in [0.15, 0.2) is 0 Å². The minimum absolute atomic E-state index is 0. The molecule has 0 bridgehead atoms. The van der Waals surface area contributed by atoms with E-state index < -0.39 is 30.7 Å². The Hall–Kier alpha value is -0.530. The first-order chi connectivity index (χ1) is 11.6. The van der Waals surface area contributed by atoms with Gasteiger partial charge in [-0.25, -0.2) is 0 Å². The summed E-state index contributed by atoms with van der Waals surface area (Å²) in [5.41, 5.74) is 5.82. The molecule has 1 aliphatic rings. The molecule has 0 saturated carbocycles. The summed E-state index contributed by atoms with van der Waals surface area (Å²) < 4.78 is 48.1. The van der Waals surface area contributed by atoms with Gasteiger partial charge in [-0.15, -0.1) is 12.4 Å². The fourth-order valence-corrected chi connectivity index (χ4v) is 3.22. The van der Waals surface area contributed by atoms with Gasteiger partial charge in [-0.3, -0.25) is 4.79 Å². The lowest BCUT2D eigenvalue weighted by Crippen LogP contribution is -2.40. The topological polar surface area (TPSA) is 61.6 Å². The Morgan fingerprint density at radius 3 is 2.54 bits per heavy atom. The highest BCUT2D eigenvalue weighted by atomic mass is 35.5. The summed E-state index contributed by atoms with van der Waals surface area (Å²) in [6.07, 6.45) is -1.94. The molecule has 1 rings (SSSR count). The molecule has 0 aliphatic carbocycles. The fourth-order valence-electron chi connectivity index (χ4n) is 3.22. The maximum atomic E-state index is 12.3. The van der Waals surface area contributed by atoms with Gasteiger partial charge in [-0.05, 0) is 44.4 Å². The Kier molecular flexibility index (Phi) is 11.8. The van der Waals surface area contributed by atoms with E-state index in [0.717, 1.165) is 25.7 Å². The zero-order valence-corrected chi connectivity index (χ0v) is 16.7. The molecule has 4 atom stereocenters. The van der Waals surface area contributed by atoms with Crippen molar-refractivity contribution in [1.29, 1.82) is 0 Å². The van der Waals surface area contributed by atoms with Crippen molar-refractivity contribution in [3.63, 3.8) is 0 Å². The largest absolute Gasteiger partial charge is 0.459 e. The van der Waals surface area contributed by atoms with Gasteiger partial charge in [-0.2, -0.15) is 13.2 Å². The summed E-state index contributed by atoms with van der Waals surface area (Å²) in [5, 5.41) is 0. The molecule has 1 fully saturated rings. The second-order valence-electron chi connectivity index (χ2n) is 7.46. The van der Waals surface area contributed by atoms with Gasteiger partial charge in [0, 0.05) is 13.0 Å². The molecule has 0 amide bonds. The van der Waals surface area contributed by atoms with Gasteiger partial charge in [0.1, 0.15) is 12.1 Å². The zero-order chi connectivity index (χ0) is 19.0. The summed E-state index contributed by atoms with van der Waals surface area (Å²) in [6.45, 7) is 6.02. The lowest BCUT2D eigenvalue weighted by atomic mass is 9.86.